The van der Waals surface area contributed by atoms with Gasteiger partial charge in [0.1, 0.15) is 0 Å². The first-order chi connectivity index (χ1) is 8.56. The maximum Gasteiger partial charge on any atom is 0.239 e. The molecule has 1 amide bonds. The number of rotatable bonds is 3. The molecule has 9 heteroatoms. The van der Waals surface area contributed by atoms with Crippen LogP contribution in [0.4, 0.5) is 0 Å². The number of aromatic nitrogens is 1. The van der Waals surface area contributed by atoms with E-state index in [1.165, 1.54) is 0 Å². The van der Waals surface area contributed by atoms with E-state index in [0.29, 0.717) is 0 Å². The van der Waals surface area contributed by atoms with Gasteiger partial charge in [-0.3, -0.25) is 9.69 Å². The van der Waals surface area contributed by atoms with Gasteiger partial charge in [0.2, 0.25) is 5.91 Å². The summed E-state index contributed by atoms with van der Waals surface area (Å²) in [6, 6.07) is -0.391. The third kappa shape index (κ3) is 6.67. The fourth-order valence-electron chi connectivity index (χ4n) is 2.12. The molecule has 0 saturated carbocycles. The predicted molar refractivity (Wildman–Crippen MR) is 94.1 cm³/mol. The Morgan fingerprint density at radius 2 is 1.90 bits per heavy atom. The average molecular weight is 378 g/mol. The van der Waals surface area contributed by atoms with E-state index in [-0.39, 0.29) is 43.1 Å². The Balaban J connectivity index is 0. The summed E-state index contributed by atoms with van der Waals surface area (Å²) < 4.78 is 0. The highest BCUT2D eigenvalue weighted by atomic mass is 35.5. The van der Waals surface area contributed by atoms with Crippen LogP contribution >= 0.6 is 48.6 Å². The molecule has 0 bridgehead atoms. The summed E-state index contributed by atoms with van der Waals surface area (Å²) in [5.74, 6) is 0.0548. The molecule has 1 fully saturated rings. The fraction of sp³-hybridized carbons (Fsp3) is 0.667. The van der Waals surface area contributed by atoms with Crippen LogP contribution in [-0.2, 0) is 11.3 Å². The van der Waals surface area contributed by atoms with Crippen molar-refractivity contribution < 1.29 is 4.79 Å². The lowest BCUT2D eigenvalue weighted by Gasteiger charge is -2.35. The van der Waals surface area contributed by atoms with E-state index < -0.39 is 6.04 Å². The van der Waals surface area contributed by atoms with Crippen LogP contribution < -0.4 is 5.73 Å². The van der Waals surface area contributed by atoms with Gasteiger partial charge in [-0.15, -0.1) is 48.6 Å². The summed E-state index contributed by atoms with van der Waals surface area (Å²) in [6.07, 6.45) is 0. The molecule has 2 heterocycles. The van der Waals surface area contributed by atoms with Crippen molar-refractivity contribution in [3.63, 3.8) is 0 Å². The Bertz CT molecular complexity index is 422. The zero-order valence-electron chi connectivity index (χ0n) is 12.2. The molecule has 2 N–H and O–H groups in total. The number of hydrogen-bond acceptors (Lipinski definition) is 5. The molecule has 2 rings (SSSR count). The largest absolute Gasteiger partial charge is 0.339 e. The van der Waals surface area contributed by atoms with Gasteiger partial charge in [-0.25, -0.2) is 4.98 Å². The number of hydrogen-bond donors (Lipinski definition) is 1. The molecule has 1 aliphatic rings. The van der Waals surface area contributed by atoms with Gasteiger partial charge in [-0.1, -0.05) is 0 Å². The quantitative estimate of drug-likeness (QED) is 0.871. The van der Waals surface area contributed by atoms with E-state index in [1.54, 1.807) is 18.3 Å². The Hall–Kier alpha value is -0.110. The van der Waals surface area contributed by atoms with Crippen molar-refractivity contribution in [1.82, 2.24) is 14.8 Å². The Labute approximate surface area is 148 Å². The molecule has 0 aliphatic carbocycles. The summed E-state index contributed by atoms with van der Waals surface area (Å²) >= 11 is 1.68. The van der Waals surface area contributed by atoms with Gasteiger partial charge in [0.15, 0.2) is 0 Å². The second-order valence-electron chi connectivity index (χ2n) is 4.75. The number of piperazine rings is 1. The van der Waals surface area contributed by atoms with Crippen LogP contribution in [0.15, 0.2) is 5.38 Å². The van der Waals surface area contributed by atoms with E-state index in [4.69, 9.17) is 5.73 Å². The molecule has 1 aromatic heterocycles. The van der Waals surface area contributed by atoms with Crippen LogP contribution in [0.3, 0.4) is 0 Å². The van der Waals surface area contributed by atoms with Crippen LogP contribution in [0.25, 0.3) is 0 Å². The molecule has 1 aliphatic heterocycles. The molecule has 5 nitrogen and oxygen atoms in total. The highest BCUT2D eigenvalue weighted by Crippen LogP contribution is 2.12. The smallest absolute Gasteiger partial charge is 0.239 e. The van der Waals surface area contributed by atoms with Crippen LogP contribution in [0.5, 0.6) is 0 Å². The third-order valence-corrected chi connectivity index (χ3v) is 3.95. The van der Waals surface area contributed by atoms with Crippen molar-refractivity contribution in [2.24, 2.45) is 5.73 Å². The van der Waals surface area contributed by atoms with E-state index in [2.05, 4.69) is 15.3 Å². The van der Waals surface area contributed by atoms with Gasteiger partial charge in [-0.2, -0.15) is 0 Å². The minimum absolute atomic E-state index is 0. The third-order valence-electron chi connectivity index (χ3n) is 3.13. The minimum atomic E-state index is -0.391. The number of nitrogens with zero attached hydrogens (tertiary/aromatic N) is 3. The Kier molecular flexibility index (Phi) is 11.7. The zero-order valence-corrected chi connectivity index (χ0v) is 15.4. The number of carbonyl (C=O) groups is 1. The number of carbonyl (C=O) groups excluding carboxylic acids is 1. The van der Waals surface area contributed by atoms with E-state index in [9.17, 15) is 4.79 Å². The summed E-state index contributed by atoms with van der Waals surface area (Å²) in [7, 11) is 0. The molecule has 21 heavy (non-hydrogen) atoms. The van der Waals surface area contributed by atoms with Crippen LogP contribution in [-0.4, -0.2) is 52.9 Å². The van der Waals surface area contributed by atoms with E-state index in [1.807, 2.05) is 11.8 Å². The molecule has 0 spiro atoms. The predicted octanol–water partition coefficient (Wildman–Crippen LogP) is 1.71. The summed E-state index contributed by atoms with van der Waals surface area (Å²) in [5, 5.41) is 3.21. The Morgan fingerprint density at radius 1 is 1.33 bits per heavy atom. The number of amides is 1. The lowest BCUT2D eigenvalue weighted by molar-refractivity contribution is -0.134. The molecule has 0 aromatic carbocycles. The van der Waals surface area contributed by atoms with Crippen molar-refractivity contribution in [3.05, 3.63) is 16.1 Å². The molecule has 1 aromatic rings. The second-order valence-corrected chi connectivity index (χ2v) is 5.81. The standard InChI is InChI=1S/C12H20N4OS.3ClH/c1-9(13)12(17)16-5-3-15(4-6-16)7-11-8-18-10(2)14-11;;;/h8-9H,3-7,13H2,1-2H3;3*1H/t9-;;;/m0.../s1. The lowest BCUT2D eigenvalue weighted by Crippen LogP contribution is -2.52. The zero-order chi connectivity index (χ0) is 13.1. The van der Waals surface area contributed by atoms with Crippen molar-refractivity contribution in [2.45, 2.75) is 26.4 Å². The first-order valence-electron chi connectivity index (χ1n) is 6.24. The van der Waals surface area contributed by atoms with E-state index >= 15 is 0 Å². The van der Waals surface area contributed by atoms with Crippen LogP contribution in [0.1, 0.15) is 17.6 Å². The van der Waals surface area contributed by atoms with Gasteiger partial charge in [0.05, 0.1) is 16.7 Å². The van der Waals surface area contributed by atoms with Gasteiger partial charge < -0.3 is 10.6 Å². The van der Waals surface area contributed by atoms with Gasteiger partial charge in [-0.05, 0) is 13.8 Å². The highest BCUT2D eigenvalue weighted by Gasteiger charge is 2.23. The number of nitrogens with two attached hydrogens (primary N) is 1. The number of thiazole rings is 1. The monoisotopic (exact) mass is 376 g/mol. The fourth-order valence-corrected chi connectivity index (χ4v) is 2.73. The van der Waals surface area contributed by atoms with Crippen molar-refractivity contribution in [3.8, 4) is 0 Å². The Morgan fingerprint density at radius 3 is 2.33 bits per heavy atom. The summed E-state index contributed by atoms with van der Waals surface area (Å²) in [4.78, 5) is 20.4. The molecule has 0 radical (unpaired) electrons. The topological polar surface area (TPSA) is 62.5 Å². The molecule has 0 unspecified atom stereocenters. The van der Waals surface area contributed by atoms with Crippen molar-refractivity contribution in [1.29, 1.82) is 0 Å². The van der Waals surface area contributed by atoms with Crippen LogP contribution in [0.2, 0.25) is 0 Å². The van der Waals surface area contributed by atoms with Gasteiger partial charge in [0, 0.05) is 38.1 Å². The first-order valence-corrected chi connectivity index (χ1v) is 7.12. The normalized spacial score (nSPS) is 16.2. The van der Waals surface area contributed by atoms with Gasteiger partial charge >= 0.3 is 0 Å². The highest BCUT2D eigenvalue weighted by molar-refractivity contribution is 7.09. The number of halogens is 3. The summed E-state index contributed by atoms with van der Waals surface area (Å²) in [6.45, 7) is 7.97. The average Bonchev–Trinajstić information content (AvgIpc) is 2.75. The van der Waals surface area contributed by atoms with E-state index in [0.717, 1.165) is 43.4 Å². The lowest BCUT2D eigenvalue weighted by atomic mass is 10.2. The molecular weight excluding hydrogens is 355 g/mol. The molecule has 1 saturated heterocycles. The SMILES string of the molecule is Cc1nc(CN2CCN(C(=O)[C@H](C)N)CC2)cs1.Cl.Cl.Cl. The molecule has 1 atom stereocenters. The minimum Gasteiger partial charge on any atom is -0.339 e. The van der Waals surface area contributed by atoms with Crippen LogP contribution in [0, 0.1) is 6.92 Å². The first kappa shape index (κ1) is 23.2. The maximum atomic E-state index is 11.7. The molecular formula is C12H23Cl3N4OS. The van der Waals surface area contributed by atoms with Crippen molar-refractivity contribution in [2.75, 3.05) is 26.2 Å². The molecule has 124 valence electrons. The summed E-state index contributed by atoms with van der Waals surface area (Å²) in [5.41, 5.74) is 6.74. The number of aryl methyl sites for hydroxylation is 1. The second kappa shape index (κ2) is 10.6. The maximum absolute atomic E-state index is 11.7. The van der Waals surface area contributed by atoms with Crippen molar-refractivity contribution >= 4 is 54.5 Å². The van der Waals surface area contributed by atoms with Gasteiger partial charge in [0.25, 0.3) is 0 Å².